The summed E-state index contributed by atoms with van der Waals surface area (Å²) in [5.41, 5.74) is 5.63. The highest BCUT2D eigenvalue weighted by Crippen LogP contribution is 2.26. The molecule has 1 fully saturated rings. The third-order valence-electron chi connectivity index (χ3n) is 3.24. The van der Waals surface area contributed by atoms with Gasteiger partial charge in [0.25, 0.3) is 0 Å². The zero-order valence-corrected chi connectivity index (χ0v) is 12.3. The summed E-state index contributed by atoms with van der Waals surface area (Å²) in [5, 5.41) is 2.99. The molecule has 0 aliphatic carbocycles. The van der Waals surface area contributed by atoms with Crippen molar-refractivity contribution >= 4 is 35.3 Å². The van der Waals surface area contributed by atoms with E-state index in [0.29, 0.717) is 0 Å². The number of halogens is 2. The van der Waals surface area contributed by atoms with E-state index in [2.05, 4.69) is 10.3 Å². The van der Waals surface area contributed by atoms with Gasteiger partial charge < -0.3 is 5.73 Å². The first-order valence-corrected chi connectivity index (χ1v) is 7.19. The first-order chi connectivity index (χ1) is 7.79. The lowest BCUT2D eigenvalue weighted by molar-refractivity contribution is 0.164. The number of nitrogens with two attached hydrogens (primary N) is 1. The van der Waals surface area contributed by atoms with Crippen LogP contribution in [0.2, 0.25) is 5.02 Å². The van der Waals surface area contributed by atoms with E-state index in [0.717, 1.165) is 30.5 Å². The van der Waals surface area contributed by atoms with E-state index in [4.69, 9.17) is 17.3 Å². The van der Waals surface area contributed by atoms with E-state index in [1.807, 2.05) is 6.07 Å². The van der Waals surface area contributed by atoms with Crippen molar-refractivity contribution in [1.82, 2.24) is 4.90 Å². The van der Waals surface area contributed by atoms with Crippen LogP contribution >= 0.6 is 35.3 Å². The fourth-order valence-electron chi connectivity index (χ4n) is 2.41. The lowest BCUT2D eigenvalue weighted by Crippen LogP contribution is -2.35. The fourth-order valence-corrected chi connectivity index (χ4v) is 3.54. The van der Waals surface area contributed by atoms with Gasteiger partial charge in [-0.1, -0.05) is 11.6 Å². The maximum atomic E-state index is 6.12. The Labute approximate surface area is 119 Å². The molecule has 1 aromatic heterocycles. The number of hydrogen-bond acceptors (Lipinski definition) is 3. The normalized spacial score (nSPS) is 21.2. The fraction of sp³-hybridized carbons (Fsp3) is 0.667. The molecule has 2 nitrogen and oxygen atoms in total. The minimum atomic E-state index is 0. The molecular formula is C12H20Cl2N2S. The second-order valence-electron chi connectivity index (χ2n) is 4.51. The summed E-state index contributed by atoms with van der Waals surface area (Å²) in [5.74, 6) is 0.789. The summed E-state index contributed by atoms with van der Waals surface area (Å²) in [4.78, 5) is 3.82. The molecule has 1 aromatic rings. The standard InChI is InChI=1S/C12H19ClN2S.ClH/c13-11-4-7-16-12(11)9-15-6-1-2-10(8-15)3-5-14;/h4,7,10H,1-3,5-6,8-9,14H2;1H. The van der Waals surface area contributed by atoms with Gasteiger partial charge in [-0.3, -0.25) is 4.90 Å². The molecule has 2 N–H and O–H groups in total. The van der Waals surface area contributed by atoms with Crippen molar-refractivity contribution in [2.75, 3.05) is 19.6 Å². The van der Waals surface area contributed by atoms with Crippen molar-refractivity contribution in [2.24, 2.45) is 11.7 Å². The van der Waals surface area contributed by atoms with Gasteiger partial charge in [-0.05, 0) is 49.7 Å². The zero-order valence-electron chi connectivity index (χ0n) is 9.90. The molecule has 0 amide bonds. The Morgan fingerprint density at radius 1 is 1.53 bits per heavy atom. The Bertz CT molecular complexity index is 328. The first-order valence-electron chi connectivity index (χ1n) is 5.94. The molecule has 2 rings (SSSR count). The summed E-state index contributed by atoms with van der Waals surface area (Å²) in [6.45, 7) is 4.22. The molecule has 2 heterocycles. The summed E-state index contributed by atoms with van der Waals surface area (Å²) in [7, 11) is 0. The molecule has 0 spiro atoms. The van der Waals surface area contributed by atoms with Crippen LogP contribution in [0.15, 0.2) is 11.4 Å². The molecule has 0 bridgehead atoms. The lowest BCUT2D eigenvalue weighted by atomic mass is 9.95. The van der Waals surface area contributed by atoms with E-state index in [-0.39, 0.29) is 12.4 Å². The van der Waals surface area contributed by atoms with Gasteiger partial charge in [-0.25, -0.2) is 0 Å². The Balaban J connectivity index is 0.00000144. The summed E-state index contributed by atoms with van der Waals surface area (Å²) in [6.07, 6.45) is 3.80. The second kappa shape index (κ2) is 7.59. The molecule has 0 aromatic carbocycles. The molecular weight excluding hydrogens is 275 g/mol. The SMILES string of the molecule is Cl.NCCC1CCCN(Cc2sccc2Cl)C1. The van der Waals surface area contributed by atoms with Crippen LogP contribution in [0.25, 0.3) is 0 Å². The zero-order chi connectivity index (χ0) is 11.4. The monoisotopic (exact) mass is 294 g/mol. The van der Waals surface area contributed by atoms with E-state index in [9.17, 15) is 0 Å². The summed E-state index contributed by atoms with van der Waals surface area (Å²) >= 11 is 7.88. The molecule has 1 unspecified atom stereocenters. The number of rotatable bonds is 4. The minimum absolute atomic E-state index is 0. The number of piperidine rings is 1. The van der Waals surface area contributed by atoms with E-state index in [1.54, 1.807) is 11.3 Å². The van der Waals surface area contributed by atoms with Crippen molar-refractivity contribution in [3.63, 3.8) is 0 Å². The molecule has 1 atom stereocenters. The third kappa shape index (κ3) is 4.42. The summed E-state index contributed by atoms with van der Waals surface area (Å²) < 4.78 is 0. The largest absolute Gasteiger partial charge is 0.330 e. The van der Waals surface area contributed by atoms with Gasteiger partial charge in [0, 0.05) is 18.0 Å². The number of nitrogens with zero attached hydrogens (tertiary/aromatic N) is 1. The molecule has 1 aliphatic heterocycles. The van der Waals surface area contributed by atoms with Gasteiger partial charge in [-0.15, -0.1) is 23.7 Å². The van der Waals surface area contributed by atoms with Crippen LogP contribution in [0.5, 0.6) is 0 Å². The third-order valence-corrected chi connectivity index (χ3v) is 4.61. The molecule has 17 heavy (non-hydrogen) atoms. The van der Waals surface area contributed by atoms with Gasteiger partial charge in [-0.2, -0.15) is 0 Å². The second-order valence-corrected chi connectivity index (χ2v) is 5.92. The van der Waals surface area contributed by atoms with Gasteiger partial charge in [0.2, 0.25) is 0 Å². The van der Waals surface area contributed by atoms with Crippen LogP contribution in [-0.2, 0) is 6.54 Å². The average molecular weight is 295 g/mol. The van der Waals surface area contributed by atoms with Crippen LogP contribution in [0.1, 0.15) is 24.1 Å². The van der Waals surface area contributed by atoms with Crippen LogP contribution in [0.4, 0.5) is 0 Å². The maximum Gasteiger partial charge on any atom is 0.0558 e. The van der Waals surface area contributed by atoms with Crippen molar-refractivity contribution < 1.29 is 0 Å². The summed E-state index contributed by atoms with van der Waals surface area (Å²) in [6, 6.07) is 1.99. The molecule has 98 valence electrons. The first kappa shape index (κ1) is 15.3. The molecule has 5 heteroatoms. The van der Waals surface area contributed by atoms with Crippen LogP contribution < -0.4 is 5.73 Å². The highest BCUT2D eigenvalue weighted by Gasteiger charge is 2.20. The predicted octanol–water partition coefficient (Wildman–Crippen LogP) is 3.38. The quantitative estimate of drug-likeness (QED) is 0.922. The van der Waals surface area contributed by atoms with Gasteiger partial charge in [0.1, 0.15) is 0 Å². The molecule has 1 saturated heterocycles. The van der Waals surface area contributed by atoms with Crippen LogP contribution in [0.3, 0.4) is 0 Å². The molecule has 1 aliphatic rings. The van der Waals surface area contributed by atoms with Crippen LogP contribution in [-0.4, -0.2) is 24.5 Å². The Kier molecular flexibility index (Phi) is 6.82. The van der Waals surface area contributed by atoms with Crippen molar-refractivity contribution in [3.05, 3.63) is 21.3 Å². The van der Waals surface area contributed by atoms with Crippen LogP contribution in [0, 0.1) is 5.92 Å². The maximum absolute atomic E-state index is 6.12. The minimum Gasteiger partial charge on any atom is -0.330 e. The highest BCUT2D eigenvalue weighted by atomic mass is 35.5. The van der Waals surface area contributed by atoms with Gasteiger partial charge >= 0.3 is 0 Å². The van der Waals surface area contributed by atoms with Crippen molar-refractivity contribution in [3.8, 4) is 0 Å². The van der Waals surface area contributed by atoms with Crippen molar-refractivity contribution in [2.45, 2.75) is 25.8 Å². The van der Waals surface area contributed by atoms with Gasteiger partial charge in [0.15, 0.2) is 0 Å². The molecule has 0 saturated carbocycles. The predicted molar refractivity (Wildman–Crippen MR) is 78.2 cm³/mol. The van der Waals surface area contributed by atoms with E-state index < -0.39 is 0 Å². The topological polar surface area (TPSA) is 29.3 Å². The Morgan fingerprint density at radius 2 is 2.35 bits per heavy atom. The smallest absolute Gasteiger partial charge is 0.0558 e. The lowest BCUT2D eigenvalue weighted by Gasteiger charge is -2.32. The Hall–Kier alpha value is 0.200. The Morgan fingerprint density at radius 3 is 3.00 bits per heavy atom. The molecule has 0 radical (unpaired) electrons. The number of hydrogen-bond donors (Lipinski definition) is 1. The van der Waals surface area contributed by atoms with E-state index in [1.165, 1.54) is 30.8 Å². The highest BCUT2D eigenvalue weighted by molar-refractivity contribution is 7.10. The van der Waals surface area contributed by atoms with E-state index >= 15 is 0 Å². The van der Waals surface area contributed by atoms with Gasteiger partial charge in [0.05, 0.1) is 5.02 Å². The van der Waals surface area contributed by atoms with Crippen molar-refractivity contribution in [1.29, 1.82) is 0 Å². The number of likely N-dealkylation sites (tertiary alicyclic amines) is 1. The average Bonchev–Trinajstić information content (AvgIpc) is 2.66. The number of thiophene rings is 1.